The van der Waals surface area contributed by atoms with Crippen molar-refractivity contribution < 1.29 is 29.2 Å². The molecule has 0 radical (unpaired) electrons. The number of ether oxygens (including phenoxy) is 3. The molecule has 9 atom stereocenters. The van der Waals surface area contributed by atoms with E-state index in [0.717, 1.165) is 0 Å². The summed E-state index contributed by atoms with van der Waals surface area (Å²) in [7, 11) is 2.83. The number of amides is 1. The van der Waals surface area contributed by atoms with Crippen molar-refractivity contribution in [1.29, 1.82) is 0 Å². The zero-order chi connectivity index (χ0) is 21.2. The maximum Gasteiger partial charge on any atom is 0.236 e. The van der Waals surface area contributed by atoms with Gasteiger partial charge in [-0.2, -0.15) is 0 Å². The first-order valence-corrected chi connectivity index (χ1v) is 9.27. The van der Waals surface area contributed by atoms with Crippen molar-refractivity contribution in [2.24, 2.45) is 22.9 Å². The molecule has 1 saturated carbocycles. The highest BCUT2D eigenvalue weighted by Gasteiger charge is 2.53. The lowest BCUT2D eigenvalue weighted by atomic mass is 9.80. The largest absolute Gasteiger partial charge is 0.466 e. The minimum atomic E-state index is -1.27. The molecule has 2 aliphatic rings. The average molecular weight is 403 g/mol. The molecule has 1 aliphatic heterocycles. The van der Waals surface area contributed by atoms with Gasteiger partial charge in [-0.25, -0.2) is 0 Å². The molecule has 1 aliphatic carbocycles. The summed E-state index contributed by atoms with van der Waals surface area (Å²) >= 11 is 0. The lowest BCUT2D eigenvalue weighted by molar-refractivity contribution is -0.239. The Morgan fingerprint density at radius 3 is 2.54 bits per heavy atom. The Kier molecular flexibility index (Phi) is 7.76. The Morgan fingerprint density at radius 1 is 1.36 bits per heavy atom. The van der Waals surface area contributed by atoms with Crippen LogP contribution in [0.4, 0.5) is 0 Å². The molecular formula is C17H33N5O6. The Balaban J connectivity index is 2.25. The molecule has 0 spiro atoms. The van der Waals surface area contributed by atoms with Gasteiger partial charge >= 0.3 is 0 Å². The molecule has 0 aromatic carbocycles. The predicted molar refractivity (Wildman–Crippen MR) is 100 cm³/mol. The van der Waals surface area contributed by atoms with Crippen LogP contribution in [-0.2, 0) is 19.0 Å². The fraction of sp³-hybridized carbons (Fsp3) is 0.824. The van der Waals surface area contributed by atoms with E-state index in [1.807, 2.05) is 0 Å². The summed E-state index contributed by atoms with van der Waals surface area (Å²) in [6.45, 7) is 1.50. The van der Waals surface area contributed by atoms with Gasteiger partial charge in [-0.1, -0.05) is 0 Å². The summed E-state index contributed by atoms with van der Waals surface area (Å²) in [6.07, 6.45) is -3.13. The number of methoxy groups -OCH3 is 1. The van der Waals surface area contributed by atoms with Crippen LogP contribution in [0.5, 0.6) is 0 Å². The fourth-order valence-corrected chi connectivity index (χ4v) is 3.65. The van der Waals surface area contributed by atoms with Crippen molar-refractivity contribution in [2.45, 2.75) is 68.2 Å². The van der Waals surface area contributed by atoms with Gasteiger partial charge in [-0.05, 0) is 19.4 Å². The smallest absolute Gasteiger partial charge is 0.236 e. The maximum absolute atomic E-state index is 12.1. The summed E-state index contributed by atoms with van der Waals surface area (Å²) in [5, 5.41) is 21.6. The molecule has 2 rings (SSSR count). The van der Waals surface area contributed by atoms with Crippen LogP contribution in [-0.4, -0.2) is 96.6 Å². The number of hydrogen-bond acceptors (Lipinski definition) is 10. The Morgan fingerprint density at radius 2 is 2.00 bits per heavy atom. The monoisotopic (exact) mass is 403 g/mol. The average Bonchev–Trinajstić information content (AvgIpc) is 2.67. The molecule has 11 heteroatoms. The van der Waals surface area contributed by atoms with Crippen LogP contribution in [0.15, 0.2) is 11.8 Å². The number of aliphatic hydroxyl groups is 2. The van der Waals surface area contributed by atoms with Crippen LogP contribution >= 0.6 is 0 Å². The van der Waals surface area contributed by atoms with E-state index in [9.17, 15) is 15.0 Å². The first-order valence-electron chi connectivity index (χ1n) is 9.27. The first-order chi connectivity index (χ1) is 13.1. The highest BCUT2D eigenvalue weighted by Crippen LogP contribution is 2.30. The number of nitrogens with two attached hydrogens (primary N) is 4. The van der Waals surface area contributed by atoms with Gasteiger partial charge in [0.1, 0.15) is 24.1 Å². The molecule has 1 amide bonds. The molecule has 0 aromatic rings. The van der Waals surface area contributed by atoms with E-state index < -0.39 is 54.7 Å². The lowest BCUT2D eigenvalue weighted by Gasteiger charge is -2.49. The number of likely N-dealkylation sites (N-methyl/N-ethyl adjacent to an activating group) is 1. The second-order valence-electron chi connectivity index (χ2n) is 7.34. The fourth-order valence-electron chi connectivity index (χ4n) is 3.65. The summed E-state index contributed by atoms with van der Waals surface area (Å²) in [5.74, 6) is 0.0909. The van der Waals surface area contributed by atoms with Crippen LogP contribution in [0.25, 0.3) is 0 Å². The van der Waals surface area contributed by atoms with Gasteiger partial charge in [0.25, 0.3) is 0 Å². The van der Waals surface area contributed by atoms with Crippen molar-refractivity contribution in [3.05, 3.63) is 11.8 Å². The van der Waals surface area contributed by atoms with Gasteiger partial charge in [0.05, 0.1) is 36.8 Å². The van der Waals surface area contributed by atoms with Crippen molar-refractivity contribution in [2.75, 3.05) is 20.7 Å². The third-order valence-corrected chi connectivity index (χ3v) is 5.35. The standard InChI is InChI=1S/C17H33N5O6/c1-7(19)9-5-4-8(20)17(27-9)28-15-11(21)13(24)16(26-3)12(14(15)25)22(2)10(23)6-18/h5,7-8,11-17,24-25H,4,6,18-21H2,1-3H3. The SMILES string of the molecule is COC1C(O)C(N)C(OC2OC(C(C)N)=CCC2N)C(O)C1N(C)C(=O)CN. The molecule has 0 saturated heterocycles. The van der Waals surface area contributed by atoms with E-state index in [4.69, 9.17) is 37.1 Å². The molecule has 28 heavy (non-hydrogen) atoms. The molecule has 1 heterocycles. The van der Waals surface area contributed by atoms with Gasteiger partial charge in [0, 0.05) is 14.2 Å². The highest BCUT2D eigenvalue weighted by molar-refractivity contribution is 5.78. The molecule has 0 aromatic heterocycles. The van der Waals surface area contributed by atoms with E-state index in [2.05, 4.69) is 0 Å². The maximum atomic E-state index is 12.1. The third-order valence-electron chi connectivity index (χ3n) is 5.35. The lowest BCUT2D eigenvalue weighted by Crippen LogP contribution is -2.72. The molecule has 9 unspecified atom stereocenters. The third kappa shape index (κ3) is 4.47. The number of aliphatic hydroxyl groups excluding tert-OH is 2. The van der Waals surface area contributed by atoms with Gasteiger partial charge in [-0.3, -0.25) is 4.79 Å². The van der Waals surface area contributed by atoms with Crippen LogP contribution in [0.2, 0.25) is 0 Å². The zero-order valence-corrected chi connectivity index (χ0v) is 16.5. The van der Waals surface area contributed by atoms with E-state index in [-0.39, 0.29) is 12.6 Å². The molecule has 11 nitrogen and oxygen atoms in total. The Hall–Kier alpha value is -1.31. The van der Waals surface area contributed by atoms with Crippen molar-refractivity contribution >= 4 is 5.91 Å². The summed E-state index contributed by atoms with van der Waals surface area (Å²) < 4.78 is 16.9. The van der Waals surface area contributed by atoms with E-state index in [1.165, 1.54) is 19.1 Å². The predicted octanol–water partition coefficient (Wildman–Crippen LogP) is -3.46. The van der Waals surface area contributed by atoms with Crippen molar-refractivity contribution in [3.8, 4) is 0 Å². The topological polar surface area (TPSA) is 193 Å². The van der Waals surface area contributed by atoms with Gasteiger partial charge in [0.15, 0.2) is 0 Å². The molecule has 10 N–H and O–H groups in total. The molecule has 162 valence electrons. The van der Waals surface area contributed by atoms with Crippen molar-refractivity contribution in [1.82, 2.24) is 4.90 Å². The van der Waals surface area contributed by atoms with Crippen LogP contribution in [0, 0.1) is 0 Å². The number of rotatable bonds is 6. The van der Waals surface area contributed by atoms with Crippen LogP contribution in [0.3, 0.4) is 0 Å². The number of carbonyl (C=O) groups is 1. The van der Waals surface area contributed by atoms with E-state index >= 15 is 0 Å². The van der Waals surface area contributed by atoms with Gasteiger partial charge in [0.2, 0.25) is 12.2 Å². The number of carbonyl (C=O) groups excluding carboxylic acids is 1. The minimum absolute atomic E-state index is 0.261. The van der Waals surface area contributed by atoms with Crippen LogP contribution < -0.4 is 22.9 Å². The summed E-state index contributed by atoms with van der Waals surface area (Å²) in [5.41, 5.74) is 23.5. The highest BCUT2D eigenvalue weighted by atomic mass is 16.7. The second kappa shape index (κ2) is 9.46. The Labute approximate surface area is 164 Å². The number of hydrogen-bond donors (Lipinski definition) is 6. The van der Waals surface area contributed by atoms with Crippen molar-refractivity contribution in [3.63, 3.8) is 0 Å². The first kappa shape index (κ1) is 23.0. The zero-order valence-electron chi connectivity index (χ0n) is 16.5. The molecular weight excluding hydrogens is 370 g/mol. The summed E-state index contributed by atoms with van der Waals surface area (Å²) in [4.78, 5) is 13.3. The Bertz CT molecular complexity index is 576. The second-order valence-corrected chi connectivity index (χ2v) is 7.34. The van der Waals surface area contributed by atoms with Crippen LogP contribution in [0.1, 0.15) is 13.3 Å². The van der Waals surface area contributed by atoms with Gasteiger partial charge < -0.3 is 52.3 Å². The number of nitrogens with zero attached hydrogens (tertiary/aromatic N) is 1. The molecule has 1 fully saturated rings. The minimum Gasteiger partial charge on any atom is -0.466 e. The molecule has 0 bridgehead atoms. The quantitative estimate of drug-likeness (QED) is 0.260. The van der Waals surface area contributed by atoms with E-state index in [0.29, 0.717) is 12.2 Å². The normalized spacial score (nSPS) is 39.7. The summed E-state index contributed by atoms with van der Waals surface area (Å²) in [6, 6.07) is -2.80. The van der Waals surface area contributed by atoms with E-state index in [1.54, 1.807) is 13.0 Å². The van der Waals surface area contributed by atoms with Gasteiger partial charge in [-0.15, -0.1) is 0 Å².